The monoisotopic (exact) mass is 135 g/mol. The molecule has 3 rings (SSSR count). The highest BCUT2D eigenvalue weighted by molar-refractivity contribution is 5.25. The summed E-state index contributed by atoms with van der Waals surface area (Å²) < 4.78 is 5.41. The van der Waals surface area contributed by atoms with Crippen molar-refractivity contribution >= 4 is 0 Å². The van der Waals surface area contributed by atoms with Gasteiger partial charge in [-0.1, -0.05) is 0 Å². The number of nitriles is 1. The van der Waals surface area contributed by atoms with Crippen molar-refractivity contribution in [3.05, 3.63) is 0 Å². The van der Waals surface area contributed by atoms with Crippen molar-refractivity contribution in [2.24, 2.45) is 11.8 Å². The molecule has 1 saturated heterocycles. The second kappa shape index (κ2) is 1.24. The summed E-state index contributed by atoms with van der Waals surface area (Å²) >= 11 is 0. The van der Waals surface area contributed by atoms with Gasteiger partial charge in [0.05, 0.1) is 6.07 Å². The molecule has 2 aliphatic carbocycles. The van der Waals surface area contributed by atoms with Gasteiger partial charge in [0.15, 0.2) is 6.10 Å². The zero-order valence-corrected chi connectivity index (χ0v) is 5.71. The molecule has 0 amide bonds. The number of fused-ring (bicyclic) bond motifs is 2. The smallest absolute Gasteiger partial charge is 0.173 e. The minimum atomic E-state index is -0.0370. The van der Waals surface area contributed by atoms with Gasteiger partial charge < -0.3 is 4.74 Å². The van der Waals surface area contributed by atoms with Crippen LogP contribution >= 0.6 is 0 Å². The maximum absolute atomic E-state index is 8.59. The summed E-state index contributed by atoms with van der Waals surface area (Å²) in [5.74, 6) is 1.70. The van der Waals surface area contributed by atoms with E-state index in [4.69, 9.17) is 10.00 Å². The lowest BCUT2D eigenvalue weighted by Gasteiger charge is -2.00. The minimum Gasteiger partial charge on any atom is -0.350 e. The Kier molecular flexibility index (Phi) is 0.638. The Hall–Kier alpha value is -0.550. The average molecular weight is 135 g/mol. The van der Waals surface area contributed by atoms with Crippen LogP contribution in [0.25, 0.3) is 0 Å². The molecule has 2 nitrogen and oxygen atoms in total. The third kappa shape index (κ3) is 0.383. The molecule has 0 N–H and O–H groups in total. The topological polar surface area (TPSA) is 36.3 Å². The molecule has 0 aromatic rings. The van der Waals surface area contributed by atoms with E-state index < -0.39 is 0 Å². The summed E-state index contributed by atoms with van der Waals surface area (Å²) in [6, 6.07) is 2.21. The summed E-state index contributed by atoms with van der Waals surface area (Å²) in [5.41, 5.74) is 0.0828. The standard InChI is InChI=1S/C8H9NO/c9-4-7-8(10-7)2-1-5-3-6(5)8/h5-7H,1-3H2. The zero-order chi connectivity index (χ0) is 6.77. The Morgan fingerprint density at radius 2 is 2.50 bits per heavy atom. The van der Waals surface area contributed by atoms with Crippen molar-refractivity contribution in [3.8, 4) is 6.07 Å². The fourth-order valence-electron chi connectivity index (χ4n) is 2.55. The van der Waals surface area contributed by atoms with Crippen LogP contribution in [-0.2, 0) is 4.74 Å². The van der Waals surface area contributed by atoms with Gasteiger partial charge in [0.25, 0.3) is 0 Å². The maximum atomic E-state index is 8.59. The van der Waals surface area contributed by atoms with Gasteiger partial charge in [-0.05, 0) is 31.1 Å². The van der Waals surface area contributed by atoms with E-state index in [0.717, 1.165) is 18.3 Å². The molecule has 0 bridgehead atoms. The molecule has 2 heteroatoms. The number of hydrogen-bond donors (Lipinski definition) is 0. The van der Waals surface area contributed by atoms with Crippen LogP contribution in [0.4, 0.5) is 0 Å². The van der Waals surface area contributed by atoms with Crippen LogP contribution < -0.4 is 0 Å². The zero-order valence-electron chi connectivity index (χ0n) is 5.71. The summed E-state index contributed by atoms with van der Waals surface area (Å²) in [4.78, 5) is 0. The van der Waals surface area contributed by atoms with Crippen LogP contribution in [0, 0.1) is 23.2 Å². The third-order valence-electron chi connectivity index (χ3n) is 3.30. The predicted molar refractivity (Wildman–Crippen MR) is 34.0 cm³/mol. The van der Waals surface area contributed by atoms with E-state index >= 15 is 0 Å². The van der Waals surface area contributed by atoms with E-state index in [1.54, 1.807) is 0 Å². The normalized spacial score (nSPS) is 61.7. The molecule has 4 unspecified atom stereocenters. The van der Waals surface area contributed by atoms with E-state index in [-0.39, 0.29) is 11.7 Å². The first kappa shape index (κ1) is 5.15. The van der Waals surface area contributed by atoms with Gasteiger partial charge in [0, 0.05) is 0 Å². The quantitative estimate of drug-likeness (QED) is 0.466. The van der Waals surface area contributed by atoms with Gasteiger partial charge in [-0.2, -0.15) is 5.26 Å². The molecular formula is C8H9NO. The molecular weight excluding hydrogens is 126 g/mol. The highest BCUT2D eigenvalue weighted by Crippen LogP contribution is 2.67. The molecule has 1 aliphatic heterocycles. The Balaban J connectivity index is 1.90. The number of ether oxygens (including phenoxy) is 1. The number of nitrogens with zero attached hydrogens (tertiary/aromatic N) is 1. The van der Waals surface area contributed by atoms with Crippen molar-refractivity contribution in [3.63, 3.8) is 0 Å². The van der Waals surface area contributed by atoms with Gasteiger partial charge in [0.1, 0.15) is 5.60 Å². The predicted octanol–water partition coefficient (Wildman–Crippen LogP) is 1.08. The first-order chi connectivity index (χ1) is 4.87. The average Bonchev–Trinajstić information content (AvgIpc) is 2.73. The van der Waals surface area contributed by atoms with Gasteiger partial charge in [0.2, 0.25) is 0 Å². The Labute approximate surface area is 59.8 Å². The van der Waals surface area contributed by atoms with Crippen LogP contribution in [0.15, 0.2) is 0 Å². The van der Waals surface area contributed by atoms with Crippen molar-refractivity contribution < 1.29 is 4.74 Å². The van der Waals surface area contributed by atoms with E-state index in [9.17, 15) is 0 Å². The molecule has 1 heterocycles. The highest BCUT2D eigenvalue weighted by atomic mass is 16.6. The van der Waals surface area contributed by atoms with Crippen LogP contribution in [0.2, 0.25) is 0 Å². The van der Waals surface area contributed by atoms with E-state index in [0.29, 0.717) is 0 Å². The highest BCUT2D eigenvalue weighted by Gasteiger charge is 2.72. The van der Waals surface area contributed by atoms with Crippen LogP contribution in [-0.4, -0.2) is 11.7 Å². The molecule has 2 saturated carbocycles. The second-order valence-corrected chi connectivity index (χ2v) is 3.72. The van der Waals surface area contributed by atoms with E-state index in [2.05, 4.69) is 6.07 Å². The molecule has 4 atom stereocenters. The van der Waals surface area contributed by atoms with Gasteiger partial charge in [-0.3, -0.25) is 0 Å². The van der Waals surface area contributed by atoms with Crippen molar-refractivity contribution in [1.29, 1.82) is 5.26 Å². The van der Waals surface area contributed by atoms with Crippen LogP contribution in [0.3, 0.4) is 0 Å². The van der Waals surface area contributed by atoms with Crippen LogP contribution in [0.1, 0.15) is 19.3 Å². The largest absolute Gasteiger partial charge is 0.350 e. The van der Waals surface area contributed by atoms with Gasteiger partial charge in [-0.25, -0.2) is 0 Å². The van der Waals surface area contributed by atoms with E-state index in [1.807, 2.05) is 0 Å². The molecule has 10 heavy (non-hydrogen) atoms. The summed E-state index contributed by atoms with van der Waals surface area (Å²) in [7, 11) is 0. The summed E-state index contributed by atoms with van der Waals surface area (Å²) in [6.45, 7) is 0. The Bertz CT molecular complexity index is 232. The molecule has 3 fully saturated rings. The van der Waals surface area contributed by atoms with Crippen molar-refractivity contribution in [1.82, 2.24) is 0 Å². The number of epoxide rings is 1. The third-order valence-corrected chi connectivity index (χ3v) is 3.30. The lowest BCUT2D eigenvalue weighted by molar-refractivity contribution is 0.278. The summed E-state index contributed by atoms with van der Waals surface area (Å²) in [5, 5.41) is 8.59. The fraction of sp³-hybridized carbons (Fsp3) is 0.875. The second-order valence-electron chi connectivity index (χ2n) is 3.72. The number of rotatable bonds is 0. The fourth-order valence-corrected chi connectivity index (χ4v) is 2.55. The molecule has 0 aromatic heterocycles. The minimum absolute atomic E-state index is 0.0370. The lowest BCUT2D eigenvalue weighted by Crippen LogP contribution is -2.12. The molecule has 0 aromatic carbocycles. The molecule has 0 radical (unpaired) electrons. The van der Waals surface area contributed by atoms with Gasteiger partial charge >= 0.3 is 0 Å². The number of hydrogen-bond acceptors (Lipinski definition) is 2. The van der Waals surface area contributed by atoms with E-state index in [1.165, 1.54) is 12.8 Å². The van der Waals surface area contributed by atoms with Crippen LogP contribution in [0.5, 0.6) is 0 Å². The van der Waals surface area contributed by atoms with Gasteiger partial charge in [-0.15, -0.1) is 0 Å². The molecule has 52 valence electrons. The van der Waals surface area contributed by atoms with Crippen molar-refractivity contribution in [2.75, 3.05) is 0 Å². The molecule has 1 spiro atoms. The molecule has 3 aliphatic rings. The first-order valence-electron chi connectivity index (χ1n) is 3.94. The SMILES string of the molecule is N#CC1OC12CCC1CC12. The Morgan fingerprint density at radius 3 is 2.90 bits per heavy atom. The lowest BCUT2D eigenvalue weighted by atomic mass is 10.0. The summed E-state index contributed by atoms with van der Waals surface area (Å²) in [6.07, 6.45) is 3.76. The van der Waals surface area contributed by atoms with Crippen molar-refractivity contribution in [2.45, 2.75) is 31.0 Å². The first-order valence-corrected chi connectivity index (χ1v) is 3.94. The maximum Gasteiger partial charge on any atom is 0.173 e. The Morgan fingerprint density at radius 1 is 1.60 bits per heavy atom.